The number of aliphatic imine (C=N–C) groups is 1. The van der Waals surface area contributed by atoms with E-state index in [2.05, 4.69) is 40.2 Å². The lowest BCUT2D eigenvalue weighted by atomic mass is 10.2. The number of thioether (sulfide) groups is 1. The van der Waals surface area contributed by atoms with Crippen LogP contribution in [0, 0.1) is 0 Å². The zero-order valence-electron chi connectivity index (χ0n) is 18.7. The van der Waals surface area contributed by atoms with E-state index in [1.54, 1.807) is 4.90 Å². The molecular weight excluding hydrogens is 422 g/mol. The van der Waals surface area contributed by atoms with E-state index in [9.17, 15) is 4.79 Å². The number of hydrogen-bond donors (Lipinski definition) is 1. The van der Waals surface area contributed by atoms with Crippen molar-refractivity contribution in [1.82, 2.24) is 4.90 Å². The van der Waals surface area contributed by atoms with E-state index >= 15 is 0 Å². The molecule has 0 unspecified atom stereocenters. The van der Waals surface area contributed by atoms with E-state index in [4.69, 9.17) is 9.47 Å². The second-order valence-corrected chi connectivity index (χ2v) is 8.79. The van der Waals surface area contributed by atoms with Crippen LogP contribution in [0.1, 0.15) is 25.0 Å². The Balaban J connectivity index is 1.37. The van der Waals surface area contributed by atoms with Crippen LogP contribution in [0.25, 0.3) is 6.08 Å². The molecule has 2 aromatic rings. The third-order valence-corrected chi connectivity index (χ3v) is 6.56. The Morgan fingerprint density at radius 1 is 1.03 bits per heavy atom. The normalized spacial score (nSPS) is 18.2. The number of carbonyl (C=O) groups is 1. The molecule has 4 rings (SSSR count). The maximum atomic E-state index is 12.6. The van der Waals surface area contributed by atoms with Crippen LogP contribution >= 0.6 is 11.8 Å². The minimum atomic E-state index is -0.170. The van der Waals surface area contributed by atoms with Gasteiger partial charge in [-0.3, -0.25) is 4.79 Å². The molecule has 2 aliphatic rings. The predicted octanol–water partition coefficient (Wildman–Crippen LogP) is 2.86. The Hall–Kier alpha value is -2.77. The van der Waals surface area contributed by atoms with Gasteiger partial charge in [0.25, 0.3) is 5.91 Å². The van der Waals surface area contributed by atoms with E-state index in [0.29, 0.717) is 23.9 Å². The highest BCUT2D eigenvalue weighted by Crippen LogP contribution is 2.33. The first-order valence-corrected chi connectivity index (χ1v) is 12.0. The van der Waals surface area contributed by atoms with Gasteiger partial charge in [0.1, 0.15) is 6.54 Å². The predicted molar refractivity (Wildman–Crippen MR) is 129 cm³/mol. The molecule has 0 spiro atoms. The zero-order valence-corrected chi connectivity index (χ0v) is 19.5. The molecule has 32 heavy (non-hydrogen) atoms. The number of benzene rings is 2. The minimum Gasteiger partial charge on any atom is -0.490 e. The van der Waals surface area contributed by atoms with Crippen molar-refractivity contribution in [3.05, 3.63) is 64.6 Å². The van der Waals surface area contributed by atoms with Crippen molar-refractivity contribution in [2.45, 2.75) is 20.4 Å². The molecule has 0 bridgehead atoms. The average molecular weight is 453 g/mol. The van der Waals surface area contributed by atoms with E-state index in [1.807, 2.05) is 38.1 Å². The minimum absolute atomic E-state index is 0.170. The second kappa shape index (κ2) is 10.7. The number of nitrogens with one attached hydrogen (secondary N) is 1. The molecule has 0 aromatic heterocycles. The highest BCUT2D eigenvalue weighted by molar-refractivity contribution is 8.18. The van der Waals surface area contributed by atoms with Crippen LogP contribution in [0.4, 0.5) is 0 Å². The molecule has 168 valence electrons. The molecule has 0 atom stereocenters. The first-order valence-electron chi connectivity index (χ1n) is 11.2. The molecule has 1 saturated heterocycles. The van der Waals surface area contributed by atoms with Crippen molar-refractivity contribution >= 4 is 28.9 Å². The Morgan fingerprint density at radius 2 is 1.75 bits per heavy atom. The molecule has 1 fully saturated rings. The van der Waals surface area contributed by atoms with Gasteiger partial charge in [-0.2, -0.15) is 4.99 Å². The number of rotatable bonds is 7. The summed E-state index contributed by atoms with van der Waals surface area (Å²) < 4.78 is 11.3. The fourth-order valence-electron chi connectivity index (χ4n) is 3.92. The van der Waals surface area contributed by atoms with Crippen molar-refractivity contribution in [2.24, 2.45) is 4.99 Å². The summed E-state index contributed by atoms with van der Waals surface area (Å²) in [4.78, 5) is 21.3. The average Bonchev–Trinajstić information content (AvgIpc) is 3.17. The number of amides is 1. The Kier molecular flexibility index (Phi) is 7.50. The largest absolute Gasteiger partial charge is 0.490 e. The van der Waals surface area contributed by atoms with Gasteiger partial charge in [0, 0.05) is 5.56 Å². The number of carbonyl (C=O) groups excluding carboxylic acids is 1. The smallest absolute Gasteiger partial charge is 0.286 e. The third-order valence-electron chi connectivity index (χ3n) is 5.51. The van der Waals surface area contributed by atoms with Crippen LogP contribution in [0.3, 0.4) is 0 Å². The van der Waals surface area contributed by atoms with Gasteiger partial charge >= 0.3 is 0 Å². The molecular formula is C25H30N3O3S+. The number of hydrogen-bond acceptors (Lipinski definition) is 5. The lowest BCUT2D eigenvalue weighted by molar-refractivity contribution is -0.917. The van der Waals surface area contributed by atoms with Gasteiger partial charge < -0.3 is 19.3 Å². The van der Waals surface area contributed by atoms with Crippen molar-refractivity contribution in [3.63, 3.8) is 0 Å². The van der Waals surface area contributed by atoms with Crippen molar-refractivity contribution in [3.8, 4) is 11.5 Å². The SMILES string of the molecule is CCOc1ccc(C=C2SC(N3CC[NH+](Cc4ccccc4)CC3)=NC2=O)cc1OCC. The maximum Gasteiger partial charge on any atom is 0.286 e. The summed E-state index contributed by atoms with van der Waals surface area (Å²) >= 11 is 1.47. The van der Waals surface area contributed by atoms with E-state index in [0.717, 1.165) is 49.2 Å². The third kappa shape index (κ3) is 5.53. The van der Waals surface area contributed by atoms with Crippen LogP contribution in [0.2, 0.25) is 0 Å². The fraction of sp³-hybridized carbons (Fsp3) is 0.360. The van der Waals surface area contributed by atoms with Crippen molar-refractivity contribution in [2.75, 3.05) is 39.4 Å². The number of ether oxygens (including phenoxy) is 2. The van der Waals surface area contributed by atoms with Crippen molar-refractivity contribution < 1.29 is 19.2 Å². The first-order chi connectivity index (χ1) is 15.7. The molecule has 6 nitrogen and oxygen atoms in total. The van der Waals surface area contributed by atoms with Gasteiger partial charge in [-0.15, -0.1) is 0 Å². The summed E-state index contributed by atoms with van der Waals surface area (Å²) in [5, 5.41) is 0.816. The van der Waals surface area contributed by atoms with Gasteiger partial charge in [-0.1, -0.05) is 36.4 Å². The fourth-order valence-corrected chi connectivity index (χ4v) is 4.88. The zero-order chi connectivity index (χ0) is 22.3. The number of amidine groups is 1. The summed E-state index contributed by atoms with van der Waals surface area (Å²) in [5.41, 5.74) is 2.27. The number of piperazine rings is 1. The van der Waals surface area contributed by atoms with Crippen molar-refractivity contribution in [1.29, 1.82) is 0 Å². The van der Waals surface area contributed by atoms with Gasteiger partial charge in [0.2, 0.25) is 0 Å². The van der Waals surface area contributed by atoms with Gasteiger partial charge in [0.15, 0.2) is 16.7 Å². The number of quaternary nitrogens is 1. The second-order valence-electron chi connectivity index (χ2n) is 7.78. The van der Waals surface area contributed by atoms with E-state index in [-0.39, 0.29) is 5.91 Å². The van der Waals surface area contributed by atoms with Crippen LogP contribution in [0.15, 0.2) is 58.4 Å². The van der Waals surface area contributed by atoms with Gasteiger partial charge in [-0.05, 0) is 49.4 Å². The summed E-state index contributed by atoms with van der Waals surface area (Å²) in [6.45, 7) is 9.96. The molecule has 2 aromatic carbocycles. The number of nitrogens with zero attached hydrogens (tertiary/aromatic N) is 2. The summed E-state index contributed by atoms with van der Waals surface area (Å²) in [6.07, 6.45) is 1.89. The van der Waals surface area contributed by atoms with E-state index < -0.39 is 0 Å². The molecule has 0 aliphatic carbocycles. The van der Waals surface area contributed by atoms with Crippen LogP contribution < -0.4 is 14.4 Å². The standard InChI is InChI=1S/C25H29N3O3S/c1-3-30-21-11-10-20(16-22(21)31-4-2)17-23-24(29)26-25(32-23)28-14-12-27(13-15-28)18-19-8-6-5-7-9-19/h5-11,16-17H,3-4,12-15,18H2,1-2H3/p+1. The lowest BCUT2D eigenvalue weighted by Gasteiger charge is -2.32. The molecule has 0 radical (unpaired) electrons. The molecule has 0 saturated carbocycles. The monoisotopic (exact) mass is 452 g/mol. The Labute approximate surface area is 193 Å². The molecule has 2 heterocycles. The Bertz CT molecular complexity index is 999. The summed E-state index contributed by atoms with van der Waals surface area (Å²) in [7, 11) is 0. The van der Waals surface area contributed by atoms with Gasteiger partial charge in [-0.25, -0.2) is 0 Å². The molecule has 2 aliphatic heterocycles. The lowest BCUT2D eigenvalue weighted by Crippen LogP contribution is -3.13. The summed E-state index contributed by atoms with van der Waals surface area (Å²) in [6, 6.07) is 16.4. The Morgan fingerprint density at radius 3 is 2.47 bits per heavy atom. The van der Waals surface area contributed by atoms with Crippen LogP contribution in [-0.4, -0.2) is 55.4 Å². The highest BCUT2D eigenvalue weighted by atomic mass is 32.2. The topological polar surface area (TPSA) is 55.6 Å². The van der Waals surface area contributed by atoms with E-state index in [1.165, 1.54) is 17.3 Å². The van der Waals surface area contributed by atoms with Crippen LogP contribution in [0.5, 0.6) is 11.5 Å². The van der Waals surface area contributed by atoms with Gasteiger partial charge in [0.05, 0.1) is 44.3 Å². The van der Waals surface area contributed by atoms with Crippen LogP contribution in [-0.2, 0) is 11.3 Å². The quantitative estimate of drug-likeness (QED) is 0.655. The highest BCUT2D eigenvalue weighted by Gasteiger charge is 2.29. The molecule has 7 heteroatoms. The summed E-state index contributed by atoms with van der Waals surface area (Å²) in [5.74, 6) is 1.24. The maximum absolute atomic E-state index is 12.6. The first kappa shape index (κ1) is 22.4. The molecule has 1 N–H and O–H groups in total. The molecule has 1 amide bonds.